The Morgan fingerprint density at radius 3 is 1.65 bits per heavy atom. The molecule has 0 saturated carbocycles. The summed E-state index contributed by atoms with van der Waals surface area (Å²) in [5, 5.41) is 3.83. The van der Waals surface area contributed by atoms with Gasteiger partial charge in [-0.3, -0.25) is 35.6 Å². The molecule has 4 aromatic carbocycles. The molecule has 0 fully saturated rings. The van der Waals surface area contributed by atoms with Crippen LogP contribution in [0.3, 0.4) is 0 Å². The summed E-state index contributed by atoms with van der Waals surface area (Å²) in [6.45, 7) is 4.82. The molecule has 0 aliphatic heterocycles. The second-order valence-electron chi connectivity index (χ2n) is 16.2. The number of fused-ring (bicyclic) bond motifs is 2. The number of hydrogen-bond acceptors (Lipinski definition) is 13. The Bertz CT molecular complexity index is 3260. The van der Waals surface area contributed by atoms with E-state index in [-0.39, 0.29) is 36.4 Å². The van der Waals surface area contributed by atoms with Crippen LogP contribution in [-0.4, -0.2) is 78.6 Å². The van der Waals surface area contributed by atoms with Crippen molar-refractivity contribution in [2.45, 2.75) is 13.8 Å². The molecule has 8 aromatic rings. The highest BCUT2D eigenvalue weighted by atomic mass is 32.2. The Kier molecular flexibility index (Phi) is 14.4. The van der Waals surface area contributed by atoms with E-state index in [1.807, 2.05) is 111 Å². The van der Waals surface area contributed by atoms with Crippen molar-refractivity contribution < 1.29 is 32.3 Å². The first-order valence-electron chi connectivity index (χ1n) is 21.8. The lowest BCUT2D eigenvalue weighted by atomic mass is 10.0. The van der Waals surface area contributed by atoms with Gasteiger partial charge in [-0.1, -0.05) is 86.6 Å². The molecule has 3 amide bonds. The van der Waals surface area contributed by atoms with Gasteiger partial charge in [-0.05, 0) is 64.7 Å². The van der Waals surface area contributed by atoms with E-state index in [1.165, 1.54) is 6.20 Å². The zero-order chi connectivity index (χ0) is 48.5. The molecule has 0 aliphatic carbocycles. The maximum atomic E-state index is 13.9. The third kappa shape index (κ3) is 11.8. The molecule has 0 aliphatic rings. The number of nitrogens with two attached hydrogens (primary N) is 1. The van der Waals surface area contributed by atoms with Gasteiger partial charge in [0.15, 0.2) is 0 Å². The summed E-state index contributed by atoms with van der Waals surface area (Å²) in [7, 11) is -3.29. The number of amides is 3. The average Bonchev–Trinajstić information content (AvgIpc) is 3.37. The molecule has 0 unspecified atom stereocenters. The number of nitrogens with one attached hydrogen (secondary N) is 5. The molecule has 4 aromatic heterocycles. The zero-order valence-corrected chi connectivity index (χ0v) is 38.6. The van der Waals surface area contributed by atoms with Gasteiger partial charge in [0.1, 0.15) is 30.5 Å². The number of hydrazine groups is 2. The number of carbonyl (C=O) groups excluding carboxylic acids is 3. The van der Waals surface area contributed by atoms with Gasteiger partial charge in [0.05, 0.1) is 46.3 Å². The fourth-order valence-corrected chi connectivity index (χ4v) is 7.75. The van der Waals surface area contributed by atoms with Crippen LogP contribution < -0.4 is 41.6 Å². The molecule has 69 heavy (non-hydrogen) atoms. The molecule has 0 bridgehead atoms. The minimum atomic E-state index is -3.29. The Hall–Kier alpha value is -8.32. The molecule has 0 saturated heterocycles. The van der Waals surface area contributed by atoms with Crippen molar-refractivity contribution in [2.75, 3.05) is 38.0 Å². The third-order valence-corrected chi connectivity index (χ3v) is 11.6. The molecule has 0 spiro atoms. The molecular weight excluding hydrogens is 897 g/mol. The summed E-state index contributed by atoms with van der Waals surface area (Å²) in [6.07, 6.45) is 5.78. The number of ether oxygens (including phenoxy) is 2. The number of anilines is 1. The van der Waals surface area contributed by atoms with E-state index in [9.17, 15) is 22.8 Å². The van der Waals surface area contributed by atoms with Gasteiger partial charge in [0.2, 0.25) is 15.9 Å². The van der Waals surface area contributed by atoms with Crippen LogP contribution >= 0.6 is 0 Å². The van der Waals surface area contributed by atoms with E-state index in [1.54, 1.807) is 36.7 Å². The number of nitrogen functional groups attached to an aromatic ring is 1. The number of carbonyl (C=O) groups is 3. The number of sulfonamides is 1. The molecule has 4 heterocycles. The Balaban J connectivity index is 0.959. The van der Waals surface area contributed by atoms with E-state index >= 15 is 0 Å². The maximum absolute atomic E-state index is 13.9. The van der Waals surface area contributed by atoms with Gasteiger partial charge in [-0.2, -0.15) is 0 Å². The van der Waals surface area contributed by atoms with Crippen molar-refractivity contribution in [1.29, 1.82) is 0 Å². The lowest BCUT2D eigenvalue weighted by molar-refractivity contribution is -0.124. The second kappa shape index (κ2) is 21.1. The van der Waals surface area contributed by atoms with Crippen LogP contribution in [0.4, 0.5) is 5.82 Å². The van der Waals surface area contributed by atoms with E-state index in [0.717, 1.165) is 39.6 Å². The summed E-state index contributed by atoms with van der Waals surface area (Å²) in [6, 6.07) is 37.4. The van der Waals surface area contributed by atoms with Crippen molar-refractivity contribution in [3.05, 3.63) is 151 Å². The van der Waals surface area contributed by atoms with Crippen LogP contribution in [0.15, 0.2) is 140 Å². The second-order valence-corrected chi connectivity index (χ2v) is 18.0. The normalized spacial score (nSPS) is 11.3. The fourth-order valence-electron chi connectivity index (χ4n) is 7.29. The first-order valence-corrected chi connectivity index (χ1v) is 23.7. The zero-order valence-electron chi connectivity index (χ0n) is 37.8. The molecule has 350 valence electrons. The van der Waals surface area contributed by atoms with Crippen LogP contribution in [-0.2, 0) is 14.8 Å². The first kappa shape index (κ1) is 47.2. The summed E-state index contributed by atoms with van der Waals surface area (Å²) in [5.41, 5.74) is 15.9. The van der Waals surface area contributed by atoms with E-state index in [4.69, 9.17) is 25.3 Å². The van der Waals surface area contributed by atoms with Crippen LogP contribution in [0.5, 0.6) is 11.5 Å². The summed E-state index contributed by atoms with van der Waals surface area (Å²) >= 11 is 0. The molecule has 17 nitrogen and oxygen atoms in total. The fraction of sp³-hybridized carbons (Fsp3) is 0.157. The Morgan fingerprint density at radius 1 is 0.623 bits per heavy atom. The van der Waals surface area contributed by atoms with Crippen LogP contribution in [0.25, 0.3) is 66.6 Å². The SMILES string of the molecule is CC(C)C(=O)NCCOc1ccc(-c2ccc(-c3cc(C(=O)NN)c4cnc(NNC(=O)c5cc(-c6ccc(-c7ccc(OCCNS(C)(=O)=O)cc7)cc6)nc6ccncc56)cc4n3)cc2)cc1. The minimum absolute atomic E-state index is 0.0174. The monoisotopic (exact) mass is 944 g/mol. The number of nitrogens with zero attached hydrogens (tertiary/aromatic N) is 4. The molecule has 7 N–H and O–H groups in total. The average molecular weight is 945 g/mol. The Labute approximate surface area is 397 Å². The largest absolute Gasteiger partial charge is 0.492 e. The van der Waals surface area contributed by atoms with Gasteiger partial charge >= 0.3 is 0 Å². The van der Waals surface area contributed by atoms with E-state index in [0.29, 0.717) is 63.4 Å². The summed E-state index contributed by atoms with van der Waals surface area (Å²) in [5.74, 6) is 6.06. The highest BCUT2D eigenvalue weighted by Gasteiger charge is 2.18. The van der Waals surface area contributed by atoms with Crippen LogP contribution in [0.1, 0.15) is 34.6 Å². The summed E-state index contributed by atoms with van der Waals surface area (Å²) < 4.78 is 36.4. The van der Waals surface area contributed by atoms with Gasteiger partial charge in [0.25, 0.3) is 11.8 Å². The van der Waals surface area contributed by atoms with Crippen LogP contribution in [0, 0.1) is 5.92 Å². The van der Waals surface area contributed by atoms with Crippen molar-refractivity contribution in [3.63, 3.8) is 0 Å². The first-order chi connectivity index (χ1) is 33.3. The highest BCUT2D eigenvalue weighted by Crippen LogP contribution is 2.31. The third-order valence-electron chi connectivity index (χ3n) is 10.9. The van der Waals surface area contributed by atoms with Crippen molar-refractivity contribution in [1.82, 2.24) is 40.8 Å². The maximum Gasteiger partial charge on any atom is 0.270 e. The van der Waals surface area contributed by atoms with Crippen molar-refractivity contribution >= 4 is 55.4 Å². The summed E-state index contributed by atoms with van der Waals surface area (Å²) in [4.78, 5) is 57.2. The molecule has 0 radical (unpaired) electrons. The quantitative estimate of drug-likeness (QED) is 0.0228. The van der Waals surface area contributed by atoms with E-state index < -0.39 is 21.8 Å². The molecular formula is C51H48N10O7S. The van der Waals surface area contributed by atoms with Crippen molar-refractivity contribution in [2.24, 2.45) is 11.8 Å². The predicted octanol–water partition coefficient (Wildman–Crippen LogP) is 6.68. The number of pyridine rings is 4. The lowest BCUT2D eigenvalue weighted by Gasteiger charge is -2.13. The highest BCUT2D eigenvalue weighted by molar-refractivity contribution is 7.88. The van der Waals surface area contributed by atoms with Crippen LogP contribution in [0.2, 0.25) is 0 Å². The lowest BCUT2D eigenvalue weighted by Crippen LogP contribution is -2.31. The topological polar surface area (TPSA) is 242 Å². The molecule has 8 rings (SSSR count). The smallest absolute Gasteiger partial charge is 0.270 e. The van der Waals surface area contributed by atoms with Gasteiger partial charge in [0, 0.05) is 59.0 Å². The van der Waals surface area contributed by atoms with Gasteiger partial charge in [-0.25, -0.2) is 33.9 Å². The number of hydrogen-bond donors (Lipinski definition) is 6. The number of rotatable bonds is 18. The van der Waals surface area contributed by atoms with Gasteiger partial charge < -0.3 is 14.8 Å². The van der Waals surface area contributed by atoms with Gasteiger partial charge in [-0.15, -0.1) is 0 Å². The number of benzene rings is 4. The van der Waals surface area contributed by atoms with Crippen molar-refractivity contribution in [3.8, 4) is 56.3 Å². The van der Waals surface area contributed by atoms with E-state index in [2.05, 4.69) is 36.3 Å². The molecule has 18 heteroatoms. The molecule has 0 atom stereocenters. The number of aromatic nitrogens is 4. The minimum Gasteiger partial charge on any atom is -0.492 e. The standard InChI is InChI=1S/C51H48N10O7S/c1-31(2)49(62)54-22-24-67-38-16-12-34(13-17-38)33-6-10-37(11-7-33)46-26-40(50(63)59-52)43-30-55-48(28-47(43)58-46)60-61-51(64)41-27-45(57-44-20-21-53-29-42(41)44)36-8-4-32(5-9-36)35-14-18-39(19-15-35)68-25-23-56-69(3,65)66/h4-21,26-31,56H,22-25,52H2,1-3H3,(H,54,62)(H,55,60)(H,59,63)(H,61,64). The Morgan fingerprint density at radius 2 is 1.12 bits per heavy atom. The predicted molar refractivity (Wildman–Crippen MR) is 265 cm³/mol.